The number of ether oxygens (including phenoxy) is 1. The fraction of sp³-hybridized carbons (Fsp3) is 0.316. The highest BCUT2D eigenvalue weighted by atomic mass is 32.2. The number of carbonyl (C=O) groups is 1. The first-order chi connectivity index (χ1) is 12.5. The zero-order valence-electron chi connectivity index (χ0n) is 15.7. The fourth-order valence-electron chi connectivity index (χ4n) is 2.39. The molecule has 0 aliphatic heterocycles. The molecular formula is C19H23FN2O4S. The number of halogens is 1. The summed E-state index contributed by atoms with van der Waals surface area (Å²) in [4.78, 5) is 12.3. The molecule has 0 heterocycles. The van der Waals surface area contributed by atoms with Gasteiger partial charge in [0.1, 0.15) is 18.1 Å². The van der Waals surface area contributed by atoms with Gasteiger partial charge in [-0.15, -0.1) is 0 Å². The Morgan fingerprint density at radius 2 is 1.63 bits per heavy atom. The molecule has 0 saturated heterocycles. The highest BCUT2D eigenvalue weighted by Crippen LogP contribution is 2.26. The van der Waals surface area contributed by atoms with Gasteiger partial charge in [0.05, 0.1) is 17.7 Å². The average molecular weight is 394 g/mol. The number of nitrogens with one attached hydrogen (secondary N) is 1. The lowest BCUT2D eigenvalue weighted by Gasteiger charge is -2.27. The van der Waals surface area contributed by atoms with E-state index in [0.29, 0.717) is 11.4 Å². The number of hydrogen-bond acceptors (Lipinski definition) is 4. The summed E-state index contributed by atoms with van der Waals surface area (Å²) in [5, 5.41) is 2.74. The van der Waals surface area contributed by atoms with Gasteiger partial charge in [-0.2, -0.15) is 0 Å². The van der Waals surface area contributed by atoms with Gasteiger partial charge in [0.25, 0.3) is 10.0 Å². The number of rotatable bonds is 6. The van der Waals surface area contributed by atoms with Gasteiger partial charge >= 0.3 is 0 Å². The van der Waals surface area contributed by atoms with E-state index in [4.69, 9.17) is 4.74 Å². The highest BCUT2D eigenvalue weighted by Gasteiger charge is 2.28. The molecule has 1 amide bonds. The molecular weight excluding hydrogens is 371 g/mol. The van der Waals surface area contributed by atoms with E-state index in [9.17, 15) is 17.6 Å². The van der Waals surface area contributed by atoms with Gasteiger partial charge in [-0.05, 0) is 69.3 Å². The molecule has 1 N–H and O–H groups in total. The Bertz CT molecular complexity index is 889. The van der Waals surface area contributed by atoms with Crippen LogP contribution in [0.4, 0.5) is 10.1 Å². The molecule has 0 saturated carbocycles. The minimum absolute atomic E-state index is 0.108. The van der Waals surface area contributed by atoms with Crippen molar-refractivity contribution in [3.05, 3.63) is 54.3 Å². The second kappa shape index (κ2) is 7.96. The van der Waals surface area contributed by atoms with Crippen molar-refractivity contribution in [1.29, 1.82) is 0 Å². The molecule has 0 aromatic heterocycles. The van der Waals surface area contributed by atoms with Crippen LogP contribution < -0.4 is 14.4 Å². The van der Waals surface area contributed by atoms with E-state index in [1.807, 2.05) is 0 Å². The molecule has 2 rings (SSSR count). The van der Waals surface area contributed by atoms with E-state index < -0.39 is 33.8 Å². The third kappa shape index (κ3) is 5.43. The van der Waals surface area contributed by atoms with Crippen molar-refractivity contribution >= 4 is 21.6 Å². The van der Waals surface area contributed by atoms with Gasteiger partial charge in [0.15, 0.2) is 0 Å². The molecule has 0 spiro atoms. The van der Waals surface area contributed by atoms with E-state index in [0.717, 1.165) is 16.4 Å². The number of carbonyl (C=O) groups excluding carboxylic acids is 1. The summed E-state index contributed by atoms with van der Waals surface area (Å²) in [5.74, 6) is -0.448. The van der Waals surface area contributed by atoms with Crippen LogP contribution in [0.1, 0.15) is 20.8 Å². The first-order valence-corrected chi connectivity index (χ1v) is 9.70. The Labute approximate surface area is 159 Å². The monoisotopic (exact) mass is 394 g/mol. The molecule has 0 unspecified atom stereocenters. The molecule has 2 aromatic carbocycles. The fourth-order valence-corrected chi connectivity index (χ4v) is 3.81. The summed E-state index contributed by atoms with van der Waals surface area (Å²) in [5.41, 5.74) is -0.216. The molecule has 0 radical (unpaired) electrons. The Morgan fingerprint density at radius 3 is 2.11 bits per heavy atom. The van der Waals surface area contributed by atoms with Gasteiger partial charge in [0.2, 0.25) is 5.91 Å². The first-order valence-electron chi connectivity index (χ1n) is 8.26. The molecule has 0 fully saturated rings. The number of benzene rings is 2. The van der Waals surface area contributed by atoms with E-state index >= 15 is 0 Å². The summed E-state index contributed by atoms with van der Waals surface area (Å²) in [6.07, 6.45) is 0. The van der Waals surface area contributed by atoms with Crippen LogP contribution in [0, 0.1) is 5.82 Å². The molecule has 0 aliphatic carbocycles. The van der Waals surface area contributed by atoms with Crippen molar-refractivity contribution in [2.75, 3.05) is 18.0 Å². The van der Waals surface area contributed by atoms with Crippen LogP contribution >= 0.6 is 0 Å². The van der Waals surface area contributed by atoms with Gasteiger partial charge in [-0.25, -0.2) is 12.8 Å². The van der Waals surface area contributed by atoms with Crippen molar-refractivity contribution in [1.82, 2.24) is 5.32 Å². The number of nitrogens with zero attached hydrogens (tertiary/aromatic N) is 1. The van der Waals surface area contributed by atoms with Crippen molar-refractivity contribution in [2.24, 2.45) is 0 Å². The number of methoxy groups -OCH3 is 1. The largest absolute Gasteiger partial charge is 0.497 e. The minimum Gasteiger partial charge on any atom is -0.497 e. The lowest BCUT2D eigenvalue weighted by molar-refractivity contribution is -0.121. The molecule has 0 bridgehead atoms. The second-order valence-electron chi connectivity index (χ2n) is 6.96. The number of anilines is 1. The van der Waals surface area contributed by atoms with E-state index in [1.54, 1.807) is 45.0 Å². The molecule has 2 aromatic rings. The van der Waals surface area contributed by atoms with E-state index in [-0.39, 0.29) is 4.90 Å². The minimum atomic E-state index is -4.08. The average Bonchev–Trinajstić information content (AvgIpc) is 2.58. The van der Waals surface area contributed by atoms with Crippen LogP contribution in [-0.2, 0) is 14.8 Å². The maximum absolute atomic E-state index is 13.2. The van der Waals surface area contributed by atoms with Crippen molar-refractivity contribution in [2.45, 2.75) is 31.2 Å². The SMILES string of the molecule is COc1ccc(N(CC(=O)NC(C)(C)C)S(=O)(=O)c2ccc(F)cc2)cc1. The number of amides is 1. The quantitative estimate of drug-likeness (QED) is 0.817. The smallest absolute Gasteiger partial charge is 0.264 e. The molecule has 0 atom stereocenters. The molecule has 27 heavy (non-hydrogen) atoms. The van der Waals surface area contributed by atoms with Crippen LogP contribution in [0.25, 0.3) is 0 Å². The Balaban J connectivity index is 2.44. The number of sulfonamides is 1. The predicted octanol–water partition coefficient (Wildman–Crippen LogP) is 2.94. The lowest BCUT2D eigenvalue weighted by Crippen LogP contribution is -2.47. The zero-order chi connectivity index (χ0) is 20.2. The Morgan fingerprint density at radius 1 is 1.07 bits per heavy atom. The van der Waals surface area contributed by atoms with Gasteiger partial charge in [-0.1, -0.05) is 0 Å². The lowest BCUT2D eigenvalue weighted by atomic mass is 10.1. The van der Waals surface area contributed by atoms with E-state index in [1.165, 1.54) is 19.2 Å². The number of hydrogen-bond donors (Lipinski definition) is 1. The summed E-state index contributed by atoms with van der Waals surface area (Å²) < 4.78 is 45.5. The van der Waals surface area contributed by atoms with Crippen molar-refractivity contribution < 1.29 is 22.3 Å². The third-order valence-corrected chi connectivity index (χ3v) is 5.35. The summed E-state index contributed by atoms with van der Waals surface area (Å²) >= 11 is 0. The Hall–Kier alpha value is -2.61. The van der Waals surface area contributed by atoms with Crippen LogP contribution in [0.2, 0.25) is 0 Å². The molecule has 6 nitrogen and oxygen atoms in total. The first kappa shape index (κ1) is 20.7. The van der Waals surface area contributed by atoms with E-state index in [2.05, 4.69) is 5.32 Å². The maximum atomic E-state index is 13.2. The molecule has 0 aliphatic rings. The van der Waals surface area contributed by atoms with Gasteiger partial charge in [0, 0.05) is 5.54 Å². The second-order valence-corrected chi connectivity index (χ2v) is 8.82. The van der Waals surface area contributed by atoms with Crippen LogP contribution in [0.15, 0.2) is 53.4 Å². The van der Waals surface area contributed by atoms with Crippen LogP contribution in [0.5, 0.6) is 5.75 Å². The summed E-state index contributed by atoms with van der Waals surface area (Å²) in [6.45, 7) is 4.99. The highest BCUT2D eigenvalue weighted by molar-refractivity contribution is 7.92. The summed E-state index contributed by atoms with van der Waals surface area (Å²) in [7, 11) is -2.58. The van der Waals surface area contributed by atoms with Crippen molar-refractivity contribution in [3.63, 3.8) is 0 Å². The topological polar surface area (TPSA) is 75.7 Å². The molecule has 146 valence electrons. The normalized spacial score (nSPS) is 11.7. The third-order valence-electron chi connectivity index (χ3n) is 3.56. The van der Waals surface area contributed by atoms with Crippen LogP contribution in [0.3, 0.4) is 0 Å². The van der Waals surface area contributed by atoms with Crippen LogP contribution in [-0.4, -0.2) is 33.5 Å². The zero-order valence-corrected chi connectivity index (χ0v) is 16.5. The maximum Gasteiger partial charge on any atom is 0.264 e. The Kier molecular flexibility index (Phi) is 6.10. The summed E-state index contributed by atoms with van der Waals surface area (Å²) in [6, 6.07) is 10.8. The van der Waals surface area contributed by atoms with Crippen molar-refractivity contribution in [3.8, 4) is 5.75 Å². The van der Waals surface area contributed by atoms with Gasteiger partial charge in [-0.3, -0.25) is 9.10 Å². The molecule has 8 heteroatoms. The predicted molar refractivity (Wildman–Crippen MR) is 102 cm³/mol. The van der Waals surface area contributed by atoms with Gasteiger partial charge < -0.3 is 10.1 Å². The standard InChI is InChI=1S/C19H23FN2O4S/c1-19(2,3)21-18(23)13-22(15-7-9-16(26-4)10-8-15)27(24,25)17-11-5-14(20)6-12-17/h5-12H,13H2,1-4H3,(H,21,23).